The number of aromatic nitrogens is 4. The fourth-order valence-electron chi connectivity index (χ4n) is 3.45. The largest absolute Gasteiger partial charge is 0.333 e. The van der Waals surface area contributed by atoms with Crippen molar-refractivity contribution >= 4 is 0 Å². The molecule has 23 heavy (non-hydrogen) atoms. The molecule has 0 spiro atoms. The maximum absolute atomic E-state index is 4.85. The Balaban J connectivity index is 1.85. The lowest BCUT2D eigenvalue weighted by molar-refractivity contribution is 0.184. The summed E-state index contributed by atoms with van der Waals surface area (Å²) < 4.78 is 2.01. The molecule has 0 bridgehead atoms. The molecule has 3 heterocycles. The minimum atomic E-state index is 0.432. The highest BCUT2D eigenvalue weighted by molar-refractivity contribution is 5.50. The molecule has 1 aliphatic rings. The number of nitrogens with zero attached hydrogens (tertiary/aromatic N) is 5. The normalized spacial score (nSPS) is 19.4. The fourth-order valence-corrected chi connectivity index (χ4v) is 3.45. The Kier molecular flexibility index (Phi) is 4.76. The second-order valence-corrected chi connectivity index (χ2v) is 7.11. The van der Waals surface area contributed by atoms with Crippen molar-refractivity contribution in [1.82, 2.24) is 24.4 Å². The number of hydrogen-bond acceptors (Lipinski definition) is 4. The average molecular weight is 313 g/mol. The van der Waals surface area contributed by atoms with Crippen molar-refractivity contribution in [3.05, 3.63) is 30.0 Å². The lowest BCUT2D eigenvalue weighted by Gasteiger charge is -2.33. The van der Waals surface area contributed by atoms with Gasteiger partial charge in [0.1, 0.15) is 11.5 Å². The first kappa shape index (κ1) is 16.1. The van der Waals surface area contributed by atoms with Gasteiger partial charge in [-0.1, -0.05) is 13.8 Å². The van der Waals surface area contributed by atoms with Crippen molar-refractivity contribution in [3.63, 3.8) is 0 Å². The van der Waals surface area contributed by atoms with Crippen LogP contribution in [-0.4, -0.2) is 44.1 Å². The Morgan fingerprint density at radius 2 is 2.13 bits per heavy atom. The molecule has 2 aromatic rings. The van der Waals surface area contributed by atoms with E-state index < -0.39 is 0 Å². The Labute approximate surface area is 138 Å². The van der Waals surface area contributed by atoms with Gasteiger partial charge in [-0.3, -0.25) is 0 Å². The molecule has 1 atom stereocenters. The molecule has 5 nitrogen and oxygen atoms in total. The lowest BCUT2D eigenvalue weighted by atomic mass is 9.96. The third-order valence-corrected chi connectivity index (χ3v) is 4.42. The molecule has 1 fully saturated rings. The van der Waals surface area contributed by atoms with E-state index in [1.165, 1.54) is 19.4 Å². The number of rotatable bonds is 4. The van der Waals surface area contributed by atoms with Crippen molar-refractivity contribution < 1.29 is 0 Å². The van der Waals surface area contributed by atoms with Gasteiger partial charge in [0.15, 0.2) is 5.82 Å². The average Bonchev–Trinajstić information content (AvgIpc) is 2.92. The monoisotopic (exact) mass is 313 g/mol. The summed E-state index contributed by atoms with van der Waals surface area (Å²) in [6, 6.07) is 2.03. The molecular weight excluding hydrogens is 286 g/mol. The lowest BCUT2D eigenvalue weighted by Crippen LogP contribution is -2.37. The molecule has 0 N–H and O–H groups in total. The van der Waals surface area contributed by atoms with Crippen LogP contribution in [0.1, 0.15) is 44.1 Å². The van der Waals surface area contributed by atoms with Gasteiger partial charge in [0, 0.05) is 44.1 Å². The van der Waals surface area contributed by atoms with Crippen LogP contribution in [0.2, 0.25) is 0 Å². The molecule has 0 radical (unpaired) electrons. The van der Waals surface area contributed by atoms with E-state index in [1.54, 1.807) is 0 Å². The maximum atomic E-state index is 4.85. The molecule has 1 saturated heterocycles. The third kappa shape index (κ3) is 3.78. The van der Waals surface area contributed by atoms with Gasteiger partial charge in [-0.05, 0) is 38.3 Å². The summed E-state index contributed by atoms with van der Waals surface area (Å²) >= 11 is 0. The van der Waals surface area contributed by atoms with Gasteiger partial charge >= 0.3 is 0 Å². The van der Waals surface area contributed by atoms with Crippen LogP contribution in [0.4, 0.5) is 0 Å². The van der Waals surface area contributed by atoms with Crippen molar-refractivity contribution in [3.8, 4) is 11.5 Å². The first-order valence-electron chi connectivity index (χ1n) is 8.58. The quantitative estimate of drug-likeness (QED) is 0.870. The molecule has 124 valence electrons. The van der Waals surface area contributed by atoms with E-state index in [-0.39, 0.29) is 0 Å². The van der Waals surface area contributed by atoms with Gasteiger partial charge in [-0.15, -0.1) is 0 Å². The molecule has 0 aliphatic carbocycles. The predicted molar refractivity (Wildman–Crippen MR) is 92.2 cm³/mol. The number of aryl methyl sites for hydroxylation is 2. The zero-order valence-electron chi connectivity index (χ0n) is 14.7. The number of piperidine rings is 1. The first-order valence-corrected chi connectivity index (χ1v) is 8.58. The van der Waals surface area contributed by atoms with Gasteiger partial charge in [0.05, 0.1) is 0 Å². The third-order valence-electron chi connectivity index (χ3n) is 4.42. The Morgan fingerprint density at radius 3 is 2.83 bits per heavy atom. The minimum Gasteiger partial charge on any atom is -0.333 e. The molecule has 0 aromatic carbocycles. The van der Waals surface area contributed by atoms with E-state index in [4.69, 9.17) is 9.97 Å². The second kappa shape index (κ2) is 6.79. The van der Waals surface area contributed by atoms with Crippen LogP contribution >= 0.6 is 0 Å². The number of imidazole rings is 1. The van der Waals surface area contributed by atoms with Gasteiger partial charge in [-0.2, -0.15) is 0 Å². The van der Waals surface area contributed by atoms with Crippen LogP contribution in [0.15, 0.2) is 18.5 Å². The van der Waals surface area contributed by atoms with E-state index >= 15 is 0 Å². The highest BCUT2D eigenvalue weighted by Gasteiger charge is 2.24. The standard InChI is InChI=1S/C18H27N5/c1-13(2)11-23-8-5-6-15(12-23)17-20-14(3)10-16(21-17)18-19-7-9-22(18)4/h7,9-10,13,15H,5-6,8,11-12H2,1-4H3/t15-/m0/s1. The molecule has 0 unspecified atom stereocenters. The van der Waals surface area contributed by atoms with E-state index in [2.05, 4.69) is 23.7 Å². The summed E-state index contributed by atoms with van der Waals surface area (Å²) in [5, 5.41) is 0. The van der Waals surface area contributed by atoms with E-state index in [0.717, 1.165) is 36.1 Å². The van der Waals surface area contributed by atoms with E-state index in [1.807, 2.05) is 37.0 Å². The van der Waals surface area contributed by atoms with Crippen LogP contribution in [0.25, 0.3) is 11.5 Å². The smallest absolute Gasteiger partial charge is 0.158 e. The zero-order valence-corrected chi connectivity index (χ0v) is 14.7. The summed E-state index contributed by atoms with van der Waals surface area (Å²) in [6.07, 6.45) is 6.18. The van der Waals surface area contributed by atoms with Crippen molar-refractivity contribution in [2.24, 2.45) is 13.0 Å². The molecular formula is C18H27N5. The van der Waals surface area contributed by atoms with Crippen molar-refractivity contribution in [1.29, 1.82) is 0 Å². The SMILES string of the molecule is Cc1cc(-c2nccn2C)nc([C@H]2CCCN(CC(C)C)C2)n1. The van der Waals surface area contributed by atoms with Gasteiger partial charge < -0.3 is 9.47 Å². The summed E-state index contributed by atoms with van der Waals surface area (Å²) in [5.41, 5.74) is 1.95. The molecule has 2 aromatic heterocycles. The maximum Gasteiger partial charge on any atom is 0.158 e. The Morgan fingerprint density at radius 1 is 1.30 bits per heavy atom. The van der Waals surface area contributed by atoms with Crippen LogP contribution in [-0.2, 0) is 7.05 Å². The van der Waals surface area contributed by atoms with E-state index in [9.17, 15) is 0 Å². The summed E-state index contributed by atoms with van der Waals surface area (Å²) in [7, 11) is 2.00. The number of likely N-dealkylation sites (tertiary alicyclic amines) is 1. The number of hydrogen-bond donors (Lipinski definition) is 0. The topological polar surface area (TPSA) is 46.8 Å². The van der Waals surface area contributed by atoms with Crippen molar-refractivity contribution in [2.75, 3.05) is 19.6 Å². The van der Waals surface area contributed by atoms with E-state index in [0.29, 0.717) is 11.8 Å². The fraction of sp³-hybridized carbons (Fsp3) is 0.611. The van der Waals surface area contributed by atoms with Gasteiger partial charge in [0.25, 0.3) is 0 Å². The highest BCUT2D eigenvalue weighted by Crippen LogP contribution is 2.27. The van der Waals surface area contributed by atoms with Gasteiger partial charge in [-0.25, -0.2) is 15.0 Å². The summed E-state index contributed by atoms with van der Waals surface area (Å²) in [4.78, 5) is 16.6. The van der Waals surface area contributed by atoms with Crippen LogP contribution in [0, 0.1) is 12.8 Å². The molecule has 0 amide bonds. The molecule has 1 aliphatic heterocycles. The summed E-state index contributed by atoms with van der Waals surface area (Å²) in [5.74, 6) is 3.03. The van der Waals surface area contributed by atoms with Crippen LogP contribution in [0.3, 0.4) is 0 Å². The Bertz CT molecular complexity index is 661. The first-order chi connectivity index (χ1) is 11.0. The van der Waals surface area contributed by atoms with Crippen LogP contribution in [0.5, 0.6) is 0 Å². The summed E-state index contributed by atoms with van der Waals surface area (Å²) in [6.45, 7) is 10.0. The van der Waals surface area contributed by atoms with Crippen molar-refractivity contribution in [2.45, 2.75) is 39.5 Å². The predicted octanol–water partition coefficient (Wildman–Crippen LogP) is 3.02. The zero-order chi connectivity index (χ0) is 16.4. The Hall–Kier alpha value is -1.75. The van der Waals surface area contributed by atoms with Crippen LogP contribution < -0.4 is 0 Å². The second-order valence-electron chi connectivity index (χ2n) is 7.11. The minimum absolute atomic E-state index is 0.432. The molecule has 0 saturated carbocycles. The van der Waals surface area contributed by atoms with Gasteiger partial charge in [0.2, 0.25) is 0 Å². The molecule has 3 rings (SSSR count). The highest BCUT2D eigenvalue weighted by atomic mass is 15.1. The molecule has 5 heteroatoms.